The molecule has 0 bridgehead atoms. The maximum Gasteiger partial charge on any atom is 0.417 e. The Balaban J connectivity index is 2.62. The molecule has 1 aromatic carbocycles. The summed E-state index contributed by atoms with van der Waals surface area (Å²) >= 11 is 0. The fraction of sp³-hybridized carbons (Fsp3) is 0.526. The van der Waals surface area contributed by atoms with Crippen LogP contribution in [0, 0.1) is 11.3 Å². The average Bonchev–Trinajstić information content (AvgIpc) is 2.86. The molecule has 0 radical (unpaired) electrons. The standard InChI is InChI=1S/C19H25F3N2OSi/c1-17(2,3)26(6,7)25-18(4,5)24-9-8-13-10-14(12-23)15(11-16(13)24)19(20,21)22/h8-11H,1-7H3. The molecule has 2 rings (SSSR count). The van der Waals surface area contributed by atoms with Crippen molar-refractivity contribution in [1.29, 1.82) is 5.26 Å². The second kappa shape index (κ2) is 6.14. The lowest BCUT2D eigenvalue weighted by atomic mass is 10.1. The molecule has 0 N–H and O–H groups in total. The van der Waals surface area contributed by atoms with Crippen molar-refractivity contribution >= 4 is 19.2 Å². The number of fused-ring (bicyclic) bond motifs is 1. The highest BCUT2D eigenvalue weighted by atomic mass is 28.4. The Morgan fingerprint density at radius 3 is 2.12 bits per heavy atom. The van der Waals surface area contributed by atoms with Crippen molar-refractivity contribution in [3.05, 3.63) is 35.5 Å². The van der Waals surface area contributed by atoms with E-state index in [2.05, 4.69) is 33.9 Å². The van der Waals surface area contributed by atoms with E-state index in [1.165, 1.54) is 6.07 Å². The third kappa shape index (κ3) is 3.67. The van der Waals surface area contributed by atoms with Crippen molar-refractivity contribution in [3.8, 4) is 6.07 Å². The van der Waals surface area contributed by atoms with Crippen molar-refractivity contribution in [3.63, 3.8) is 0 Å². The molecule has 26 heavy (non-hydrogen) atoms. The average molecular weight is 383 g/mol. The predicted molar refractivity (Wildman–Crippen MR) is 99.3 cm³/mol. The van der Waals surface area contributed by atoms with E-state index < -0.39 is 25.8 Å². The van der Waals surface area contributed by atoms with Crippen LogP contribution in [-0.4, -0.2) is 12.9 Å². The highest BCUT2D eigenvalue weighted by Gasteiger charge is 2.42. The highest BCUT2D eigenvalue weighted by molar-refractivity contribution is 6.74. The molecule has 1 aromatic heterocycles. The van der Waals surface area contributed by atoms with Gasteiger partial charge in [-0.3, -0.25) is 0 Å². The molecule has 142 valence electrons. The number of rotatable bonds is 3. The van der Waals surface area contributed by atoms with Crippen LogP contribution in [0.2, 0.25) is 18.1 Å². The van der Waals surface area contributed by atoms with Crippen molar-refractivity contribution in [2.24, 2.45) is 0 Å². The fourth-order valence-electron chi connectivity index (χ4n) is 2.81. The fourth-order valence-corrected chi connectivity index (χ4v) is 4.46. The van der Waals surface area contributed by atoms with Crippen LogP contribution in [0.3, 0.4) is 0 Å². The molecule has 2 aromatic rings. The molecule has 1 heterocycles. The largest absolute Gasteiger partial charge is 0.417 e. The van der Waals surface area contributed by atoms with E-state index in [1.807, 2.05) is 13.8 Å². The molecule has 0 unspecified atom stereocenters. The number of hydrogen-bond acceptors (Lipinski definition) is 2. The Bertz CT molecular complexity index is 868. The Labute approximate surface area is 153 Å². The molecule has 0 spiro atoms. The van der Waals surface area contributed by atoms with Gasteiger partial charge in [0.2, 0.25) is 0 Å². The van der Waals surface area contributed by atoms with Crippen LogP contribution in [0.5, 0.6) is 0 Å². The van der Waals surface area contributed by atoms with E-state index in [9.17, 15) is 13.2 Å². The quantitative estimate of drug-likeness (QED) is 0.589. The van der Waals surface area contributed by atoms with Gasteiger partial charge in [0.05, 0.1) is 22.7 Å². The number of nitriles is 1. The Morgan fingerprint density at radius 1 is 1.08 bits per heavy atom. The minimum atomic E-state index is -4.58. The summed E-state index contributed by atoms with van der Waals surface area (Å²) in [6, 6.07) is 5.70. The first-order valence-corrected chi connectivity index (χ1v) is 11.3. The normalized spacial score (nSPS) is 13.9. The van der Waals surface area contributed by atoms with Crippen LogP contribution in [0.1, 0.15) is 45.7 Å². The summed E-state index contributed by atoms with van der Waals surface area (Å²) in [5.41, 5.74) is -1.71. The summed E-state index contributed by atoms with van der Waals surface area (Å²) in [5.74, 6) is 0. The molecule has 3 nitrogen and oxygen atoms in total. The minimum absolute atomic E-state index is 0.0294. The molecule has 0 saturated carbocycles. The van der Waals surface area contributed by atoms with E-state index in [0.29, 0.717) is 10.9 Å². The molecule has 7 heteroatoms. The number of nitrogens with zero attached hydrogens (tertiary/aromatic N) is 2. The lowest BCUT2D eigenvalue weighted by Crippen LogP contribution is -2.48. The van der Waals surface area contributed by atoms with Crippen LogP contribution in [-0.2, 0) is 16.3 Å². The van der Waals surface area contributed by atoms with Gasteiger partial charge in [-0.15, -0.1) is 0 Å². The lowest BCUT2D eigenvalue weighted by molar-refractivity contribution is -0.137. The van der Waals surface area contributed by atoms with Gasteiger partial charge in [-0.2, -0.15) is 18.4 Å². The van der Waals surface area contributed by atoms with Gasteiger partial charge >= 0.3 is 6.18 Å². The van der Waals surface area contributed by atoms with Gasteiger partial charge in [0.25, 0.3) is 0 Å². The van der Waals surface area contributed by atoms with Crippen LogP contribution < -0.4 is 0 Å². The molecular weight excluding hydrogens is 357 g/mol. The first-order chi connectivity index (χ1) is 11.6. The number of aromatic nitrogens is 1. The first-order valence-electron chi connectivity index (χ1n) is 8.43. The molecule has 0 fully saturated rings. The zero-order valence-electron chi connectivity index (χ0n) is 16.2. The molecule has 0 atom stereocenters. The summed E-state index contributed by atoms with van der Waals surface area (Å²) in [6.45, 7) is 14.3. The van der Waals surface area contributed by atoms with Gasteiger partial charge < -0.3 is 8.99 Å². The van der Waals surface area contributed by atoms with Gasteiger partial charge in [-0.05, 0) is 50.2 Å². The van der Waals surface area contributed by atoms with Gasteiger partial charge in [0.1, 0.15) is 5.72 Å². The van der Waals surface area contributed by atoms with Crippen LogP contribution in [0.15, 0.2) is 24.4 Å². The molecule has 0 amide bonds. The van der Waals surface area contributed by atoms with E-state index in [1.54, 1.807) is 22.9 Å². The van der Waals surface area contributed by atoms with E-state index in [4.69, 9.17) is 9.69 Å². The second-order valence-corrected chi connectivity index (χ2v) is 13.3. The molecular formula is C19H25F3N2OSi. The summed E-state index contributed by atoms with van der Waals surface area (Å²) in [4.78, 5) is 0. The maximum atomic E-state index is 13.3. The third-order valence-corrected chi connectivity index (χ3v) is 9.77. The summed E-state index contributed by atoms with van der Waals surface area (Å²) in [7, 11) is -2.15. The lowest BCUT2D eigenvalue weighted by Gasteiger charge is -2.43. The Morgan fingerprint density at radius 2 is 1.65 bits per heavy atom. The number of benzene rings is 1. The minimum Gasteiger partial charge on any atom is -0.395 e. The number of halogens is 3. The molecule has 0 saturated heterocycles. The predicted octanol–water partition coefficient (Wildman–Crippen LogP) is 6.25. The first kappa shape index (κ1) is 20.5. The summed E-state index contributed by atoms with van der Waals surface area (Å²) in [6.07, 6.45) is -2.86. The van der Waals surface area contributed by atoms with Gasteiger partial charge in [-0.1, -0.05) is 20.8 Å². The Hall–Kier alpha value is -1.78. The molecule has 0 aliphatic carbocycles. The van der Waals surface area contributed by atoms with Crippen molar-refractivity contribution in [2.75, 3.05) is 0 Å². The second-order valence-electron chi connectivity index (χ2n) is 8.56. The zero-order valence-corrected chi connectivity index (χ0v) is 17.2. The summed E-state index contributed by atoms with van der Waals surface area (Å²) in [5, 5.41) is 9.63. The zero-order chi connectivity index (χ0) is 20.1. The number of hydrogen-bond donors (Lipinski definition) is 0. The summed E-state index contributed by atoms with van der Waals surface area (Å²) < 4.78 is 48.2. The smallest absolute Gasteiger partial charge is 0.395 e. The maximum absolute atomic E-state index is 13.3. The van der Waals surface area contributed by atoms with Crippen molar-refractivity contribution in [1.82, 2.24) is 4.57 Å². The van der Waals surface area contributed by atoms with E-state index in [-0.39, 0.29) is 10.6 Å². The highest BCUT2D eigenvalue weighted by Crippen LogP contribution is 2.41. The topological polar surface area (TPSA) is 38.0 Å². The van der Waals surface area contributed by atoms with Crippen molar-refractivity contribution in [2.45, 2.75) is 64.7 Å². The third-order valence-electron chi connectivity index (χ3n) is 5.15. The van der Waals surface area contributed by atoms with Gasteiger partial charge in [0.15, 0.2) is 8.32 Å². The molecule has 0 aliphatic heterocycles. The number of alkyl halides is 3. The van der Waals surface area contributed by atoms with E-state index >= 15 is 0 Å². The van der Waals surface area contributed by atoms with Gasteiger partial charge in [-0.25, -0.2) is 0 Å². The van der Waals surface area contributed by atoms with Crippen LogP contribution >= 0.6 is 0 Å². The van der Waals surface area contributed by atoms with E-state index in [0.717, 1.165) is 6.07 Å². The monoisotopic (exact) mass is 382 g/mol. The van der Waals surface area contributed by atoms with Crippen LogP contribution in [0.4, 0.5) is 13.2 Å². The molecule has 0 aliphatic rings. The van der Waals surface area contributed by atoms with Crippen LogP contribution in [0.25, 0.3) is 10.9 Å². The SMILES string of the molecule is CC(C)(O[Si](C)(C)C(C)(C)C)n1ccc2cc(C#N)c(C(F)(F)F)cc21. The Kier molecular flexibility index (Phi) is 4.84. The van der Waals surface area contributed by atoms with Crippen molar-refractivity contribution < 1.29 is 17.6 Å². The van der Waals surface area contributed by atoms with Gasteiger partial charge in [0, 0.05) is 11.6 Å².